The van der Waals surface area contributed by atoms with E-state index in [1.807, 2.05) is 29.9 Å². The first-order chi connectivity index (χ1) is 15.4. The van der Waals surface area contributed by atoms with Gasteiger partial charge in [-0.3, -0.25) is 0 Å². The molecule has 1 N–H and O–H groups in total. The summed E-state index contributed by atoms with van der Waals surface area (Å²) in [7, 11) is 3.35. The summed E-state index contributed by atoms with van der Waals surface area (Å²) in [4.78, 5) is 16.9. The lowest BCUT2D eigenvalue weighted by Crippen LogP contribution is -2.21. The fraction of sp³-hybridized carbons (Fsp3) is 0.333. The number of likely N-dealkylation sites (N-methyl/N-ethyl adjacent to an activating group) is 1. The molecular weight excluding hydrogens is 432 g/mol. The minimum absolute atomic E-state index is 0.0560. The number of hydrogen-bond donors (Lipinski definition) is 1. The molecule has 0 bridgehead atoms. The molecule has 1 heterocycles. The third-order valence-corrected chi connectivity index (χ3v) is 6.40. The summed E-state index contributed by atoms with van der Waals surface area (Å²) >= 11 is 5.54. The van der Waals surface area contributed by atoms with E-state index in [9.17, 15) is 13.6 Å². The molecule has 32 heavy (non-hydrogen) atoms. The number of H-pyrrole nitrogens is 1. The van der Waals surface area contributed by atoms with Gasteiger partial charge in [0.1, 0.15) is 17.5 Å². The van der Waals surface area contributed by atoms with Gasteiger partial charge in [0.15, 0.2) is 4.77 Å². The Kier molecular flexibility index (Phi) is 6.41. The molecule has 0 fully saturated rings. The van der Waals surface area contributed by atoms with Crippen LogP contribution in [0.3, 0.4) is 0 Å². The normalized spacial score (nSPS) is 15.3. The molecule has 1 aliphatic rings. The lowest BCUT2D eigenvalue weighted by Gasteiger charge is -2.26. The van der Waals surface area contributed by atoms with Crippen LogP contribution in [0.2, 0.25) is 0 Å². The average molecular weight is 458 g/mol. The maximum Gasteiger partial charge on any atom is 0.337 e. The summed E-state index contributed by atoms with van der Waals surface area (Å²) in [6.45, 7) is 0.747. The SMILES string of the molecule is COC(=O)c1ccc(CCN(C)c2cn(C3CCc4c(F)cc(F)cc4C3)c(=S)[nH]2)cc1. The fourth-order valence-corrected chi connectivity index (χ4v) is 4.53. The van der Waals surface area contributed by atoms with E-state index < -0.39 is 11.6 Å². The number of aromatic nitrogens is 2. The Hall–Kier alpha value is -3.00. The number of halogens is 2. The lowest BCUT2D eigenvalue weighted by molar-refractivity contribution is 0.0600. The standard InChI is InChI=1S/C24H25F2N3O2S/c1-28(10-9-15-3-5-16(6-4-15)23(30)31-2)22-14-29(24(32)27-22)19-7-8-20-17(12-19)11-18(25)13-21(20)26/h3-6,11,13-14,19H,7-10,12H2,1-2H3,(H,27,32). The molecule has 3 aromatic rings. The zero-order valence-corrected chi connectivity index (χ0v) is 18.8. The van der Waals surface area contributed by atoms with Crippen LogP contribution in [-0.4, -0.2) is 36.2 Å². The van der Waals surface area contributed by atoms with Crippen LogP contribution < -0.4 is 4.90 Å². The second kappa shape index (κ2) is 9.24. The number of ether oxygens (including phenoxy) is 1. The fourth-order valence-electron chi connectivity index (χ4n) is 4.23. The number of benzene rings is 2. The van der Waals surface area contributed by atoms with Crippen molar-refractivity contribution >= 4 is 24.0 Å². The van der Waals surface area contributed by atoms with Crippen molar-refractivity contribution in [1.82, 2.24) is 9.55 Å². The highest BCUT2D eigenvalue weighted by molar-refractivity contribution is 7.71. The van der Waals surface area contributed by atoms with E-state index >= 15 is 0 Å². The Morgan fingerprint density at radius 3 is 2.75 bits per heavy atom. The maximum atomic E-state index is 14.1. The van der Waals surface area contributed by atoms with Gasteiger partial charge in [-0.05, 0) is 72.8 Å². The predicted molar refractivity (Wildman–Crippen MR) is 122 cm³/mol. The number of carbonyl (C=O) groups excluding carboxylic acids is 1. The summed E-state index contributed by atoms with van der Waals surface area (Å²) < 4.78 is 35.0. The van der Waals surface area contributed by atoms with Crippen molar-refractivity contribution in [3.63, 3.8) is 0 Å². The van der Waals surface area contributed by atoms with Crippen molar-refractivity contribution < 1.29 is 18.3 Å². The molecule has 4 rings (SSSR count). The van der Waals surface area contributed by atoms with Crippen LogP contribution in [0, 0.1) is 16.4 Å². The lowest BCUT2D eigenvalue weighted by atomic mass is 9.87. The van der Waals surface area contributed by atoms with Crippen LogP contribution in [0.25, 0.3) is 0 Å². The Labute approximate surface area is 190 Å². The van der Waals surface area contributed by atoms with Crippen molar-refractivity contribution in [1.29, 1.82) is 0 Å². The van der Waals surface area contributed by atoms with E-state index in [0.717, 1.165) is 36.8 Å². The summed E-state index contributed by atoms with van der Waals surface area (Å²) in [5.74, 6) is -0.466. The molecule has 0 radical (unpaired) electrons. The number of hydrogen-bond acceptors (Lipinski definition) is 4. The van der Waals surface area contributed by atoms with Crippen LogP contribution in [-0.2, 0) is 24.0 Å². The smallest absolute Gasteiger partial charge is 0.337 e. The minimum Gasteiger partial charge on any atom is -0.465 e. The zero-order chi connectivity index (χ0) is 22.8. The van der Waals surface area contributed by atoms with Crippen molar-refractivity contribution in [2.75, 3.05) is 25.6 Å². The minimum atomic E-state index is -0.542. The van der Waals surface area contributed by atoms with Crippen LogP contribution in [0.15, 0.2) is 42.6 Å². The Bertz CT molecular complexity index is 1190. The third-order valence-electron chi connectivity index (χ3n) is 6.08. The molecule has 1 atom stereocenters. The van der Waals surface area contributed by atoms with Gasteiger partial charge >= 0.3 is 5.97 Å². The second-order valence-corrected chi connectivity index (χ2v) is 8.52. The second-order valence-electron chi connectivity index (χ2n) is 8.13. The zero-order valence-electron chi connectivity index (χ0n) is 18.0. The Morgan fingerprint density at radius 2 is 2.03 bits per heavy atom. The topological polar surface area (TPSA) is 50.3 Å². The van der Waals surface area contributed by atoms with E-state index in [-0.39, 0.29) is 12.0 Å². The van der Waals surface area contributed by atoms with Gasteiger partial charge in [0.2, 0.25) is 0 Å². The monoisotopic (exact) mass is 457 g/mol. The number of methoxy groups -OCH3 is 1. The van der Waals surface area contributed by atoms with Crippen molar-refractivity contribution in [3.8, 4) is 0 Å². The number of anilines is 1. The van der Waals surface area contributed by atoms with Gasteiger partial charge < -0.3 is 19.2 Å². The van der Waals surface area contributed by atoms with Gasteiger partial charge in [0, 0.05) is 31.9 Å². The molecule has 1 aliphatic carbocycles. The van der Waals surface area contributed by atoms with Gasteiger partial charge in [-0.1, -0.05) is 12.1 Å². The number of carbonyl (C=O) groups is 1. The van der Waals surface area contributed by atoms with Gasteiger partial charge in [-0.25, -0.2) is 13.6 Å². The van der Waals surface area contributed by atoms with Crippen molar-refractivity contribution in [3.05, 3.63) is 81.3 Å². The van der Waals surface area contributed by atoms with Crippen molar-refractivity contribution in [2.24, 2.45) is 0 Å². The van der Waals surface area contributed by atoms with E-state index in [2.05, 4.69) is 9.88 Å². The number of esters is 1. The van der Waals surface area contributed by atoms with E-state index in [1.165, 1.54) is 13.2 Å². The maximum absolute atomic E-state index is 14.1. The summed E-state index contributed by atoms with van der Waals surface area (Å²) in [5, 5.41) is 0. The number of rotatable bonds is 6. The highest BCUT2D eigenvalue weighted by Crippen LogP contribution is 2.32. The molecule has 0 aliphatic heterocycles. The highest BCUT2D eigenvalue weighted by Gasteiger charge is 2.24. The van der Waals surface area contributed by atoms with Gasteiger partial charge in [0.25, 0.3) is 0 Å². The van der Waals surface area contributed by atoms with Gasteiger partial charge in [0.05, 0.1) is 12.7 Å². The van der Waals surface area contributed by atoms with Crippen LogP contribution in [0.4, 0.5) is 14.6 Å². The first-order valence-corrected chi connectivity index (χ1v) is 10.9. The first kappa shape index (κ1) is 22.2. The number of aromatic amines is 1. The van der Waals surface area contributed by atoms with Crippen LogP contribution in [0.1, 0.15) is 39.5 Å². The molecule has 2 aromatic carbocycles. The number of nitrogens with zero attached hydrogens (tertiary/aromatic N) is 2. The first-order valence-electron chi connectivity index (χ1n) is 10.5. The van der Waals surface area contributed by atoms with Crippen LogP contribution in [0.5, 0.6) is 0 Å². The molecule has 1 unspecified atom stereocenters. The molecule has 8 heteroatoms. The van der Waals surface area contributed by atoms with Gasteiger partial charge in [-0.15, -0.1) is 0 Å². The van der Waals surface area contributed by atoms with E-state index in [1.54, 1.807) is 12.1 Å². The Morgan fingerprint density at radius 1 is 1.28 bits per heavy atom. The van der Waals surface area contributed by atoms with Crippen molar-refractivity contribution in [2.45, 2.75) is 31.7 Å². The number of imidazole rings is 1. The third kappa shape index (κ3) is 4.60. The predicted octanol–water partition coefficient (Wildman–Crippen LogP) is 5.02. The Balaban J connectivity index is 1.43. The molecule has 0 saturated carbocycles. The molecular formula is C24H25F2N3O2S. The van der Waals surface area contributed by atoms with Gasteiger partial charge in [-0.2, -0.15) is 0 Å². The number of fused-ring (bicyclic) bond motifs is 1. The van der Waals surface area contributed by atoms with E-state index in [0.29, 0.717) is 34.3 Å². The average Bonchev–Trinajstić information content (AvgIpc) is 3.18. The molecule has 0 saturated heterocycles. The summed E-state index contributed by atoms with van der Waals surface area (Å²) in [6.07, 6.45) is 4.63. The molecule has 0 spiro atoms. The van der Waals surface area contributed by atoms with Crippen LogP contribution >= 0.6 is 12.2 Å². The molecule has 1 aromatic heterocycles. The van der Waals surface area contributed by atoms with E-state index in [4.69, 9.17) is 17.0 Å². The highest BCUT2D eigenvalue weighted by atomic mass is 32.1. The largest absolute Gasteiger partial charge is 0.465 e. The quantitative estimate of drug-likeness (QED) is 0.417. The molecule has 5 nitrogen and oxygen atoms in total. The number of nitrogens with one attached hydrogen (secondary N) is 1. The molecule has 168 valence electrons. The molecule has 0 amide bonds. The summed E-state index contributed by atoms with van der Waals surface area (Å²) in [5.41, 5.74) is 2.96. The summed E-state index contributed by atoms with van der Waals surface area (Å²) in [6, 6.07) is 9.81.